The van der Waals surface area contributed by atoms with Gasteiger partial charge < -0.3 is 5.32 Å². The molecule has 1 unspecified atom stereocenters. The van der Waals surface area contributed by atoms with Gasteiger partial charge in [0.1, 0.15) is 5.82 Å². The van der Waals surface area contributed by atoms with Crippen molar-refractivity contribution in [3.63, 3.8) is 0 Å². The van der Waals surface area contributed by atoms with E-state index in [0.717, 1.165) is 31.4 Å². The Bertz CT molecular complexity index is 600. The third-order valence-corrected chi connectivity index (χ3v) is 6.19. The molecule has 2 saturated heterocycles. The van der Waals surface area contributed by atoms with Gasteiger partial charge in [0.15, 0.2) is 0 Å². The monoisotopic (exact) mass is 311 g/mol. The van der Waals surface area contributed by atoms with Crippen LogP contribution >= 0.6 is 0 Å². The number of nitrogens with zero attached hydrogens (tertiary/aromatic N) is 4. The quantitative estimate of drug-likeness (QED) is 0.897. The van der Waals surface area contributed by atoms with E-state index < -0.39 is 10.2 Å². The highest BCUT2D eigenvalue weighted by Crippen LogP contribution is 2.35. The second-order valence-electron chi connectivity index (χ2n) is 5.46. The van der Waals surface area contributed by atoms with Crippen LogP contribution in [0.3, 0.4) is 0 Å². The summed E-state index contributed by atoms with van der Waals surface area (Å²) < 4.78 is 28.7. The molecular formula is C13H21N5O2S. The zero-order chi connectivity index (χ0) is 14.9. The molecule has 0 aromatic carbocycles. The molecule has 8 heteroatoms. The minimum atomic E-state index is -3.38. The molecule has 0 bridgehead atoms. The molecule has 0 saturated carbocycles. The molecule has 1 aromatic heterocycles. The Kier molecular flexibility index (Phi) is 4.10. The third-order valence-electron chi connectivity index (χ3n) is 4.14. The summed E-state index contributed by atoms with van der Waals surface area (Å²) in [6.07, 6.45) is 6.87. The lowest BCUT2D eigenvalue weighted by Crippen LogP contribution is -2.42. The first kappa shape index (κ1) is 14.7. The molecule has 2 aliphatic heterocycles. The third kappa shape index (κ3) is 2.75. The number of rotatable bonds is 4. The summed E-state index contributed by atoms with van der Waals surface area (Å²) >= 11 is 0. The standard InChI is InChI=1S/C13H21N5O2S/c1-14-13-10-15-9-11(16-13)12-5-4-8-18(12)21(19,20)17-6-2-3-7-17/h9-10,12H,2-8H2,1H3,(H,14,16). The summed E-state index contributed by atoms with van der Waals surface area (Å²) in [4.78, 5) is 8.62. The number of aromatic nitrogens is 2. The van der Waals surface area contributed by atoms with Crippen LogP contribution in [0.4, 0.5) is 5.82 Å². The molecule has 1 N–H and O–H groups in total. The first-order chi connectivity index (χ1) is 10.1. The maximum atomic E-state index is 12.8. The number of hydrogen-bond acceptors (Lipinski definition) is 5. The van der Waals surface area contributed by atoms with E-state index in [0.29, 0.717) is 25.5 Å². The minimum absolute atomic E-state index is 0.198. The van der Waals surface area contributed by atoms with E-state index in [1.807, 2.05) is 0 Å². The van der Waals surface area contributed by atoms with Crippen molar-refractivity contribution < 1.29 is 8.42 Å². The van der Waals surface area contributed by atoms with Crippen LogP contribution in [-0.2, 0) is 10.2 Å². The first-order valence-electron chi connectivity index (χ1n) is 7.39. The second-order valence-corrected chi connectivity index (χ2v) is 7.34. The van der Waals surface area contributed by atoms with E-state index >= 15 is 0 Å². The van der Waals surface area contributed by atoms with E-state index in [4.69, 9.17) is 0 Å². The van der Waals surface area contributed by atoms with Gasteiger partial charge in [0.2, 0.25) is 0 Å². The van der Waals surface area contributed by atoms with Crippen LogP contribution in [0.15, 0.2) is 12.4 Å². The number of anilines is 1. The summed E-state index contributed by atoms with van der Waals surface area (Å²) in [7, 11) is -1.60. The zero-order valence-electron chi connectivity index (χ0n) is 12.2. The van der Waals surface area contributed by atoms with Crippen LogP contribution in [0.2, 0.25) is 0 Å². The molecule has 21 heavy (non-hydrogen) atoms. The van der Waals surface area contributed by atoms with Crippen molar-refractivity contribution in [2.24, 2.45) is 0 Å². The number of hydrogen-bond donors (Lipinski definition) is 1. The molecule has 1 atom stereocenters. The van der Waals surface area contributed by atoms with Gasteiger partial charge in [-0.05, 0) is 25.7 Å². The predicted octanol–water partition coefficient (Wildman–Crippen LogP) is 0.996. The van der Waals surface area contributed by atoms with Gasteiger partial charge in [0, 0.05) is 26.7 Å². The van der Waals surface area contributed by atoms with Gasteiger partial charge in [-0.2, -0.15) is 17.0 Å². The molecule has 7 nitrogen and oxygen atoms in total. The Balaban J connectivity index is 1.88. The van der Waals surface area contributed by atoms with Crippen LogP contribution in [0, 0.1) is 0 Å². The van der Waals surface area contributed by atoms with Gasteiger partial charge in [-0.1, -0.05) is 0 Å². The van der Waals surface area contributed by atoms with Crippen LogP contribution in [-0.4, -0.2) is 53.7 Å². The van der Waals surface area contributed by atoms with Gasteiger partial charge >= 0.3 is 0 Å². The van der Waals surface area contributed by atoms with Crippen molar-refractivity contribution in [3.05, 3.63) is 18.1 Å². The Labute approximate surface area is 125 Å². The van der Waals surface area contributed by atoms with Crippen molar-refractivity contribution >= 4 is 16.0 Å². The molecule has 3 rings (SSSR count). The fourth-order valence-corrected chi connectivity index (χ4v) is 4.95. The maximum Gasteiger partial charge on any atom is 0.282 e. The Hall–Kier alpha value is -1.25. The molecule has 2 aliphatic rings. The summed E-state index contributed by atoms with van der Waals surface area (Å²) in [6, 6.07) is -0.198. The Morgan fingerprint density at radius 3 is 2.67 bits per heavy atom. The lowest BCUT2D eigenvalue weighted by molar-refractivity contribution is 0.344. The highest BCUT2D eigenvalue weighted by atomic mass is 32.2. The average molecular weight is 311 g/mol. The SMILES string of the molecule is CNc1cncc(C2CCCN2S(=O)(=O)N2CCCC2)n1. The molecule has 0 amide bonds. The van der Waals surface area contributed by atoms with Crippen molar-refractivity contribution in [2.75, 3.05) is 32.0 Å². The van der Waals surface area contributed by atoms with E-state index in [1.54, 1.807) is 28.1 Å². The smallest absolute Gasteiger partial charge is 0.282 e. The topological polar surface area (TPSA) is 78.4 Å². The summed E-state index contributed by atoms with van der Waals surface area (Å²) in [5.41, 5.74) is 0.724. The highest BCUT2D eigenvalue weighted by molar-refractivity contribution is 7.86. The molecule has 0 aliphatic carbocycles. The van der Waals surface area contributed by atoms with Crippen molar-refractivity contribution in [1.29, 1.82) is 0 Å². The fourth-order valence-electron chi connectivity index (χ4n) is 3.04. The molecule has 0 spiro atoms. The van der Waals surface area contributed by atoms with Crippen LogP contribution in [0.1, 0.15) is 37.4 Å². The second kappa shape index (κ2) is 5.86. The first-order valence-corrected chi connectivity index (χ1v) is 8.79. The minimum Gasteiger partial charge on any atom is -0.372 e. The van der Waals surface area contributed by atoms with E-state index in [9.17, 15) is 8.42 Å². The lowest BCUT2D eigenvalue weighted by Gasteiger charge is -2.28. The average Bonchev–Trinajstić information content (AvgIpc) is 3.18. The van der Waals surface area contributed by atoms with Crippen LogP contribution in [0.5, 0.6) is 0 Å². The summed E-state index contributed by atoms with van der Waals surface area (Å²) in [5.74, 6) is 0.665. The van der Waals surface area contributed by atoms with Crippen molar-refractivity contribution in [1.82, 2.24) is 18.6 Å². The number of nitrogens with one attached hydrogen (secondary N) is 1. The molecular weight excluding hydrogens is 290 g/mol. The fraction of sp³-hybridized carbons (Fsp3) is 0.692. The Morgan fingerprint density at radius 1 is 1.19 bits per heavy atom. The van der Waals surface area contributed by atoms with Gasteiger partial charge in [0.25, 0.3) is 10.2 Å². The predicted molar refractivity (Wildman–Crippen MR) is 80.0 cm³/mol. The van der Waals surface area contributed by atoms with Gasteiger partial charge in [-0.3, -0.25) is 4.98 Å². The molecule has 3 heterocycles. The normalized spacial score (nSPS) is 24.5. The molecule has 0 radical (unpaired) electrons. The Morgan fingerprint density at radius 2 is 1.95 bits per heavy atom. The van der Waals surface area contributed by atoms with Gasteiger partial charge in [-0.15, -0.1) is 0 Å². The molecule has 1 aromatic rings. The summed E-state index contributed by atoms with van der Waals surface area (Å²) in [6.45, 7) is 1.83. The summed E-state index contributed by atoms with van der Waals surface area (Å²) in [5, 5.41) is 2.95. The highest BCUT2D eigenvalue weighted by Gasteiger charge is 2.40. The lowest BCUT2D eigenvalue weighted by atomic mass is 10.2. The van der Waals surface area contributed by atoms with Crippen LogP contribution in [0.25, 0.3) is 0 Å². The molecule has 2 fully saturated rings. The van der Waals surface area contributed by atoms with Crippen molar-refractivity contribution in [2.45, 2.75) is 31.7 Å². The van der Waals surface area contributed by atoms with Crippen molar-refractivity contribution in [3.8, 4) is 0 Å². The van der Waals surface area contributed by atoms with E-state index in [2.05, 4.69) is 15.3 Å². The maximum absolute atomic E-state index is 12.8. The van der Waals surface area contributed by atoms with E-state index in [1.165, 1.54) is 0 Å². The van der Waals surface area contributed by atoms with E-state index in [-0.39, 0.29) is 6.04 Å². The van der Waals surface area contributed by atoms with Gasteiger partial charge in [0.05, 0.1) is 24.1 Å². The van der Waals surface area contributed by atoms with Gasteiger partial charge in [-0.25, -0.2) is 4.98 Å². The zero-order valence-corrected chi connectivity index (χ0v) is 13.0. The largest absolute Gasteiger partial charge is 0.372 e. The molecule has 116 valence electrons. The van der Waals surface area contributed by atoms with Crippen LogP contribution < -0.4 is 5.32 Å².